The molecule has 1 rings (SSSR count). The number of halogens is 2. The van der Waals surface area contributed by atoms with Crippen molar-refractivity contribution < 1.29 is 5.11 Å². The summed E-state index contributed by atoms with van der Waals surface area (Å²) in [6.07, 6.45) is 0. The minimum Gasteiger partial charge on any atom is -0.381 e. The van der Waals surface area contributed by atoms with Gasteiger partial charge in [-0.1, -0.05) is 29.3 Å². The van der Waals surface area contributed by atoms with Crippen molar-refractivity contribution in [3.05, 3.63) is 33.8 Å². The van der Waals surface area contributed by atoms with Gasteiger partial charge in [-0.25, -0.2) is 0 Å². The Balaban J connectivity index is 2.81. The summed E-state index contributed by atoms with van der Waals surface area (Å²) in [5, 5.41) is 12.5. The lowest BCUT2D eigenvalue weighted by Gasteiger charge is -2.05. The zero-order chi connectivity index (χ0) is 8.97. The summed E-state index contributed by atoms with van der Waals surface area (Å²) in [5.41, 5.74) is 0.815. The van der Waals surface area contributed by atoms with Gasteiger partial charge in [0, 0.05) is 22.2 Å². The van der Waals surface area contributed by atoms with Gasteiger partial charge in [0.05, 0.1) is 6.73 Å². The molecule has 0 amide bonds. The molecule has 0 unspecified atom stereocenters. The molecule has 1 aromatic carbocycles. The molecule has 2 nitrogen and oxygen atoms in total. The molecule has 0 aliphatic carbocycles. The Kier molecular flexibility index (Phi) is 3.82. The molecule has 0 aliphatic heterocycles. The number of hydrogen-bond donors (Lipinski definition) is 2. The minimum absolute atomic E-state index is 0.0818. The van der Waals surface area contributed by atoms with Crippen LogP contribution in [0.4, 0.5) is 0 Å². The monoisotopic (exact) mass is 205 g/mol. The SMILES string of the molecule is OCNCc1c(Cl)cccc1Cl. The molecule has 1 aromatic rings. The van der Waals surface area contributed by atoms with E-state index in [4.69, 9.17) is 28.3 Å². The van der Waals surface area contributed by atoms with Gasteiger partial charge >= 0.3 is 0 Å². The van der Waals surface area contributed by atoms with Crippen molar-refractivity contribution >= 4 is 23.2 Å². The summed E-state index contributed by atoms with van der Waals surface area (Å²) in [4.78, 5) is 0. The lowest BCUT2D eigenvalue weighted by molar-refractivity contribution is 0.259. The molecule has 0 saturated heterocycles. The number of aliphatic hydroxyl groups excluding tert-OH is 1. The first-order valence-electron chi connectivity index (χ1n) is 3.50. The molecule has 2 N–H and O–H groups in total. The van der Waals surface area contributed by atoms with Gasteiger partial charge < -0.3 is 5.11 Å². The molecule has 0 atom stereocenters. The average Bonchev–Trinajstić information content (AvgIpc) is 2.04. The second-order valence-electron chi connectivity index (χ2n) is 2.29. The van der Waals surface area contributed by atoms with Gasteiger partial charge in [0.1, 0.15) is 0 Å². The molecule has 0 fully saturated rings. The first kappa shape index (κ1) is 9.81. The predicted octanol–water partition coefficient (Wildman–Crippen LogP) is 2.03. The van der Waals surface area contributed by atoms with Crippen molar-refractivity contribution in [2.45, 2.75) is 6.54 Å². The van der Waals surface area contributed by atoms with E-state index in [0.717, 1.165) is 5.56 Å². The number of rotatable bonds is 3. The Labute approximate surface area is 81.1 Å². The van der Waals surface area contributed by atoms with Crippen molar-refractivity contribution in [3.63, 3.8) is 0 Å². The van der Waals surface area contributed by atoms with E-state index < -0.39 is 0 Å². The minimum atomic E-state index is -0.0818. The van der Waals surface area contributed by atoms with Crippen LogP contribution < -0.4 is 5.32 Å². The average molecular weight is 206 g/mol. The van der Waals surface area contributed by atoms with Gasteiger partial charge in [-0.05, 0) is 12.1 Å². The number of nitrogens with one attached hydrogen (secondary N) is 1. The van der Waals surface area contributed by atoms with Gasteiger partial charge in [-0.3, -0.25) is 5.32 Å². The third-order valence-electron chi connectivity index (χ3n) is 1.48. The Morgan fingerprint density at radius 3 is 2.33 bits per heavy atom. The Bertz CT molecular complexity index is 245. The largest absolute Gasteiger partial charge is 0.381 e. The molecular weight excluding hydrogens is 197 g/mol. The molecule has 4 heteroatoms. The van der Waals surface area contributed by atoms with E-state index in [9.17, 15) is 0 Å². The van der Waals surface area contributed by atoms with Crippen molar-refractivity contribution in [3.8, 4) is 0 Å². The fourth-order valence-electron chi connectivity index (χ4n) is 0.882. The van der Waals surface area contributed by atoms with E-state index in [1.54, 1.807) is 18.2 Å². The van der Waals surface area contributed by atoms with E-state index in [-0.39, 0.29) is 6.73 Å². The van der Waals surface area contributed by atoms with E-state index in [2.05, 4.69) is 5.32 Å². The van der Waals surface area contributed by atoms with Crippen molar-refractivity contribution in [1.29, 1.82) is 0 Å². The summed E-state index contributed by atoms with van der Waals surface area (Å²) in [5.74, 6) is 0. The molecule has 0 aromatic heterocycles. The standard InChI is InChI=1S/C8H9Cl2NO/c9-7-2-1-3-8(10)6(7)4-11-5-12/h1-3,11-12H,4-5H2. The van der Waals surface area contributed by atoms with E-state index in [1.165, 1.54) is 0 Å². The second kappa shape index (κ2) is 4.67. The van der Waals surface area contributed by atoms with Crippen LogP contribution in [0.25, 0.3) is 0 Å². The maximum Gasteiger partial charge on any atom is 0.0934 e. The Morgan fingerprint density at radius 2 is 1.83 bits per heavy atom. The third kappa shape index (κ3) is 2.35. The predicted molar refractivity (Wildman–Crippen MR) is 50.4 cm³/mol. The van der Waals surface area contributed by atoms with Crippen LogP contribution in [-0.2, 0) is 6.54 Å². The molecular formula is C8H9Cl2NO. The lowest BCUT2D eigenvalue weighted by atomic mass is 10.2. The fourth-order valence-corrected chi connectivity index (χ4v) is 1.41. The molecule has 0 bridgehead atoms. The van der Waals surface area contributed by atoms with Gasteiger partial charge in [0.2, 0.25) is 0 Å². The van der Waals surface area contributed by atoms with Crippen LogP contribution in [0.1, 0.15) is 5.56 Å². The molecule has 66 valence electrons. The van der Waals surface area contributed by atoms with Crippen LogP contribution in [0, 0.1) is 0 Å². The maximum absolute atomic E-state index is 8.51. The van der Waals surface area contributed by atoms with Gasteiger partial charge in [0.15, 0.2) is 0 Å². The number of aliphatic hydroxyl groups is 1. The Hall–Kier alpha value is -0.280. The molecule has 12 heavy (non-hydrogen) atoms. The highest BCUT2D eigenvalue weighted by Gasteiger charge is 2.03. The molecule has 0 aliphatic rings. The van der Waals surface area contributed by atoms with E-state index >= 15 is 0 Å². The Morgan fingerprint density at radius 1 is 1.25 bits per heavy atom. The second-order valence-corrected chi connectivity index (χ2v) is 3.10. The van der Waals surface area contributed by atoms with Crippen LogP contribution in [0.5, 0.6) is 0 Å². The molecule has 0 spiro atoms. The molecule has 0 saturated carbocycles. The highest BCUT2D eigenvalue weighted by atomic mass is 35.5. The smallest absolute Gasteiger partial charge is 0.0934 e. The van der Waals surface area contributed by atoms with Gasteiger partial charge in [0.25, 0.3) is 0 Å². The van der Waals surface area contributed by atoms with Gasteiger partial charge in [-0.15, -0.1) is 0 Å². The number of hydrogen-bond acceptors (Lipinski definition) is 2. The van der Waals surface area contributed by atoms with Crippen LogP contribution in [0.2, 0.25) is 10.0 Å². The van der Waals surface area contributed by atoms with Crippen molar-refractivity contribution in [2.24, 2.45) is 0 Å². The zero-order valence-electron chi connectivity index (χ0n) is 6.35. The highest BCUT2D eigenvalue weighted by molar-refractivity contribution is 6.35. The van der Waals surface area contributed by atoms with Crippen molar-refractivity contribution in [1.82, 2.24) is 5.32 Å². The van der Waals surface area contributed by atoms with Gasteiger partial charge in [-0.2, -0.15) is 0 Å². The highest BCUT2D eigenvalue weighted by Crippen LogP contribution is 2.23. The fraction of sp³-hybridized carbons (Fsp3) is 0.250. The number of benzene rings is 1. The zero-order valence-corrected chi connectivity index (χ0v) is 7.86. The topological polar surface area (TPSA) is 32.3 Å². The first-order valence-corrected chi connectivity index (χ1v) is 4.25. The summed E-state index contributed by atoms with van der Waals surface area (Å²) in [6.45, 7) is 0.399. The van der Waals surface area contributed by atoms with Crippen LogP contribution in [-0.4, -0.2) is 11.8 Å². The molecule has 0 heterocycles. The third-order valence-corrected chi connectivity index (χ3v) is 2.18. The first-order chi connectivity index (χ1) is 5.75. The summed E-state index contributed by atoms with van der Waals surface area (Å²) >= 11 is 11.7. The van der Waals surface area contributed by atoms with Crippen LogP contribution in [0.15, 0.2) is 18.2 Å². The summed E-state index contributed by atoms with van der Waals surface area (Å²) < 4.78 is 0. The van der Waals surface area contributed by atoms with Crippen LogP contribution in [0.3, 0.4) is 0 Å². The summed E-state index contributed by atoms with van der Waals surface area (Å²) in [7, 11) is 0. The lowest BCUT2D eigenvalue weighted by Crippen LogP contribution is -2.14. The van der Waals surface area contributed by atoms with Crippen LogP contribution >= 0.6 is 23.2 Å². The van der Waals surface area contributed by atoms with Crippen molar-refractivity contribution in [2.75, 3.05) is 6.73 Å². The summed E-state index contributed by atoms with van der Waals surface area (Å²) in [6, 6.07) is 5.32. The van der Waals surface area contributed by atoms with E-state index in [1.807, 2.05) is 0 Å². The normalized spacial score (nSPS) is 10.2. The quantitative estimate of drug-likeness (QED) is 0.741. The maximum atomic E-state index is 8.51. The molecule has 0 radical (unpaired) electrons. The van der Waals surface area contributed by atoms with E-state index in [0.29, 0.717) is 16.6 Å².